The van der Waals surface area contributed by atoms with Crippen LogP contribution in [0.5, 0.6) is 5.75 Å². The summed E-state index contributed by atoms with van der Waals surface area (Å²) in [5, 5.41) is 8.34. The van der Waals surface area contributed by atoms with Crippen LogP contribution in [0.2, 0.25) is 0 Å². The molecule has 3 heteroatoms. The number of hydrogen-bond acceptors (Lipinski definition) is 3. The van der Waals surface area contributed by atoms with E-state index >= 15 is 0 Å². The first kappa shape index (κ1) is 11.5. The Morgan fingerprint density at radius 1 is 1.20 bits per heavy atom. The summed E-state index contributed by atoms with van der Waals surface area (Å²) in [7, 11) is 1.69. The van der Waals surface area contributed by atoms with E-state index in [1.54, 1.807) is 7.11 Å². The smallest absolute Gasteiger partial charge is 0.119 e. The minimum atomic E-state index is 0.422. The molecule has 0 aliphatic heterocycles. The maximum Gasteiger partial charge on any atom is 0.119 e. The number of ether oxygens (including phenoxy) is 2. The van der Waals surface area contributed by atoms with Crippen LogP contribution in [0.3, 0.4) is 0 Å². The van der Waals surface area contributed by atoms with Gasteiger partial charge in [0.05, 0.1) is 19.1 Å². The summed E-state index contributed by atoms with van der Waals surface area (Å²) in [6.07, 6.45) is 1.33. The van der Waals surface area contributed by atoms with Gasteiger partial charge in [0, 0.05) is 7.11 Å². The molecule has 1 rings (SSSR count). The van der Waals surface area contributed by atoms with E-state index < -0.39 is 0 Å². The van der Waals surface area contributed by atoms with Crippen molar-refractivity contribution < 1.29 is 9.47 Å². The quantitative estimate of drug-likeness (QED) is 0.668. The standard InChI is InChI=1S/C12H15NO2/c1-14-10-7-11-3-5-12(6-4-11)15-9-2-8-13/h3-6H,2,7,9-10H2,1H3. The zero-order valence-electron chi connectivity index (χ0n) is 8.90. The van der Waals surface area contributed by atoms with Crippen molar-refractivity contribution in [3.63, 3.8) is 0 Å². The molecule has 0 saturated carbocycles. The topological polar surface area (TPSA) is 42.2 Å². The molecule has 0 aliphatic carbocycles. The lowest BCUT2D eigenvalue weighted by molar-refractivity contribution is 0.202. The summed E-state index contributed by atoms with van der Waals surface area (Å²) in [5.41, 5.74) is 1.23. The molecule has 0 atom stereocenters. The fourth-order valence-corrected chi connectivity index (χ4v) is 1.19. The van der Waals surface area contributed by atoms with E-state index in [0.717, 1.165) is 18.8 Å². The van der Waals surface area contributed by atoms with Crippen LogP contribution in [0.1, 0.15) is 12.0 Å². The Morgan fingerprint density at radius 3 is 2.53 bits per heavy atom. The molecule has 1 aromatic rings. The highest BCUT2D eigenvalue weighted by molar-refractivity contribution is 5.27. The summed E-state index contributed by atoms with van der Waals surface area (Å²) in [4.78, 5) is 0. The average Bonchev–Trinajstić information content (AvgIpc) is 2.28. The normalized spacial score (nSPS) is 9.60. The van der Waals surface area contributed by atoms with Crippen LogP contribution in [0, 0.1) is 11.3 Å². The van der Waals surface area contributed by atoms with Crippen molar-refractivity contribution in [3.05, 3.63) is 29.8 Å². The van der Waals surface area contributed by atoms with Gasteiger partial charge in [-0.15, -0.1) is 0 Å². The molecule has 0 aromatic heterocycles. The molecule has 0 unspecified atom stereocenters. The Bertz CT molecular complexity index is 313. The molecule has 1 aromatic carbocycles. The lowest BCUT2D eigenvalue weighted by Crippen LogP contribution is -1.97. The minimum absolute atomic E-state index is 0.422. The van der Waals surface area contributed by atoms with E-state index in [4.69, 9.17) is 14.7 Å². The molecular weight excluding hydrogens is 190 g/mol. The molecule has 3 nitrogen and oxygen atoms in total. The SMILES string of the molecule is COCCc1ccc(OCCC#N)cc1. The third kappa shape index (κ3) is 4.48. The third-order valence-electron chi connectivity index (χ3n) is 2.00. The molecule has 0 spiro atoms. The number of hydrogen-bond donors (Lipinski definition) is 0. The van der Waals surface area contributed by atoms with Crippen LogP contribution >= 0.6 is 0 Å². The molecule has 0 fully saturated rings. The van der Waals surface area contributed by atoms with Gasteiger partial charge in [0.2, 0.25) is 0 Å². The van der Waals surface area contributed by atoms with E-state index in [-0.39, 0.29) is 0 Å². The highest BCUT2D eigenvalue weighted by atomic mass is 16.5. The van der Waals surface area contributed by atoms with Gasteiger partial charge >= 0.3 is 0 Å². The Balaban J connectivity index is 2.39. The molecule has 0 radical (unpaired) electrons. The predicted molar refractivity (Wildman–Crippen MR) is 57.7 cm³/mol. The predicted octanol–water partition coefficient (Wildman–Crippen LogP) is 2.17. The van der Waals surface area contributed by atoms with Gasteiger partial charge in [0.25, 0.3) is 0 Å². The largest absolute Gasteiger partial charge is 0.493 e. The van der Waals surface area contributed by atoms with Gasteiger partial charge in [0.1, 0.15) is 12.4 Å². The third-order valence-corrected chi connectivity index (χ3v) is 2.00. The Hall–Kier alpha value is -1.53. The van der Waals surface area contributed by atoms with Crippen LogP contribution < -0.4 is 4.74 Å². The van der Waals surface area contributed by atoms with E-state index in [1.807, 2.05) is 30.3 Å². The summed E-state index contributed by atoms with van der Waals surface area (Å²) in [6, 6.07) is 9.90. The first-order valence-electron chi connectivity index (χ1n) is 4.94. The van der Waals surface area contributed by atoms with Gasteiger partial charge in [-0.1, -0.05) is 12.1 Å². The number of methoxy groups -OCH3 is 1. The highest BCUT2D eigenvalue weighted by Crippen LogP contribution is 2.12. The second kappa shape index (κ2) is 6.86. The number of benzene rings is 1. The van der Waals surface area contributed by atoms with E-state index in [0.29, 0.717) is 13.0 Å². The zero-order valence-corrected chi connectivity index (χ0v) is 8.90. The summed E-state index contributed by atoms with van der Waals surface area (Å²) in [5.74, 6) is 0.811. The van der Waals surface area contributed by atoms with E-state index in [2.05, 4.69) is 0 Å². The van der Waals surface area contributed by atoms with Crippen LogP contribution in [-0.4, -0.2) is 20.3 Å². The number of rotatable bonds is 6. The fourth-order valence-electron chi connectivity index (χ4n) is 1.19. The van der Waals surface area contributed by atoms with Gasteiger partial charge in [-0.2, -0.15) is 5.26 Å². The van der Waals surface area contributed by atoms with Crippen LogP contribution in [-0.2, 0) is 11.2 Å². The molecular formula is C12H15NO2. The van der Waals surface area contributed by atoms with Crippen molar-refractivity contribution in [2.75, 3.05) is 20.3 Å². The van der Waals surface area contributed by atoms with E-state index in [1.165, 1.54) is 5.56 Å². The maximum atomic E-state index is 8.34. The Labute approximate surface area is 90.2 Å². The molecule has 0 aliphatic rings. The van der Waals surface area contributed by atoms with Crippen molar-refractivity contribution in [1.29, 1.82) is 5.26 Å². The Kier molecular flexibility index (Phi) is 5.28. The lowest BCUT2D eigenvalue weighted by Gasteiger charge is -2.05. The van der Waals surface area contributed by atoms with Gasteiger partial charge in [-0.3, -0.25) is 0 Å². The molecule has 0 heterocycles. The lowest BCUT2D eigenvalue weighted by atomic mass is 10.1. The highest BCUT2D eigenvalue weighted by Gasteiger charge is 1.95. The average molecular weight is 205 g/mol. The van der Waals surface area contributed by atoms with Crippen molar-refractivity contribution in [2.45, 2.75) is 12.8 Å². The van der Waals surface area contributed by atoms with Crippen molar-refractivity contribution in [1.82, 2.24) is 0 Å². The van der Waals surface area contributed by atoms with Gasteiger partial charge < -0.3 is 9.47 Å². The molecule has 15 heavy (non-hydrogen) atoms. The molecule has 0 saturated heterocycles. The second-order valence-electron chi connectivity index (χ2n) is 3.14. The Morgan fingerprint density at radius 2 is 1.93 bits per heavy atom. The first-order valence-corrected chi connectivity index (χ1v) is 4.94. The fraction of sp³-hybridized carbons (Fsp3) is 0.417. The van der Waals surface area contributed by atoms with Crippen LogP contribution in [0.15, 0.2) is 24.3 Å². The second-order valence-corrected chi connectivity index (χ2v) is 3.14. The van der Waals surface area contributed by atoms with Crippen molar-refractivity contribution >= 4 is 0 Å². The monoisotopic (exact) mass is 205 g/mol. The minimum Gasteiger partial charge on any atom is -0.493 e. The van der Waals surface area contributed by atoms with Gasteiger partial charge in [0.15, 0.2) is 0 Å². The molecule has 0 amide bonds. The van der Waals surface area contributed by atoms with E-state index in [9.17, 15) is 0 Å². The zero-order chi connectivity index (χ0) is 10.9. The van der Waals surface area contributed by atoms with Crippen molar-refractivity contribution in [2.24, 2.45) is 0 Å². The summed E-state index contributed by atoms with van der Waals surface area (Å²) >= 11 is 0. The van der Waals surface area contributed by atoms with Crippen molar-refractivity contribution in [3.8, 4) is 11.8 Å². The molecule has 0 bridgehead atoms. The summed E-state index contributed by atoms with van der Waals surface area (Å²) in [6.45, 7) is 1.18. The molecule has 80 valence electrons. The summed E-state index contributed by atoms with van der Waals surface area (Å²) < 4.78 is 10.3. The number of nitriles is 1. The van der Waals surface area contributed by atoms with Gasteiger partial charge in [-0.25, -0.2) is 0 Å². The molecule has 0 N–H and O–H groups in total. The maximum absolute atomic E-state index is 8.34. The van der Waals surface area contributed by atoms with Crippen LogP contribution in [0.25, 0.3) is 0 Å². The number of nitrogens with zero attached hydrogens (tertiary/aromatic N) is 1. The van der Waals surface area contributed by atoms with Gasteiger partial charge in [-0.05, 0) is 24.1 Å². The first-order chi connectivity index (χ1) is 7.36. The van der Waals surface area contributed by atoms with Crippen LogP contribution in [0.4, 0.5) is 0 Å².